The lowest BCUT2D eigenvalue weighted by Crippen LogP contribution is -2.17. The van der Waals surface area contributed by atoms with E-state index in [0.717, 1.165) is 36.9 Å². The second-order valence-electron chi connectivity index (χ2n) is 4.61. The summed E-state index contributed by atoms with van der Waals surface area (Å²) in [5.41, 5.74) is 7.53. The fourth-order valence-corrected chi connectivity index (χ4v) is 2.42. The van der Waals surface area contributed by atoms with Gasteiger partial charge >= 0.3 is 0 Å². The Bertz CT molecular complexity index is 561. The highest BCUT2D eigenvalue weighted by Crippen LogP contribution is 2.27. The van der Waals surface area contributed by atoms with Gasteiger partial charge in [-0.2, -0.15) is 0 Å². The molecule has 96 valence electrons. The number of hydrogen-bond acceptors (Lipinski definition) is 3. The van der Waals surface area contributed by atoms with Crippen LogP contribution in [0.15, 0.2) is 18.5 Å². The monoisotopic (exact) mass is 249 g/mol. The van der Waals surface area contributed by atoms with Crippen molar-refractivity contribution in [3.8, 4) is 0 Å². The summed E-state index contributed by atoms with van der Waals surface area (Å²) < 4.78 is 21.4. The number of imidazole rings is 1. The maximum atomic E-state index is 13.8. The Balaban J connectivity index is 2.05. The van der Waals surface area contributed by atoms with Crippen LogP contribution < -0.4 is 5.73 Å². The summed E-state index contributed by atoms with van der Waals surface area (Å²) in [7, 11) is 0. The molecule has 2 aromatic rings. The van der Waals surface area contributed by atoms with Crippen LogP contribution in [0.4, 0.5) is 4.39 Å². The highest BCUT2D eigenvalue weighted by molar-refractivity contribution is 5.76. The van der Waals surface area contributed by atoms with E-state index in [2.05, 4.69) is 4.98 Å². The fourth-order valence-electron chi connectivity index (χ4n) is 2.42. The van der Waals surface area contributed by atoms with Crippen LogP contribution >= 0.6 is 0 Å². The molecule has 1 aromatic heterocycles. The maximum Gasteiger partial charge on any atom is 0.135 e. The first-order valence-electron chi connectivity index (χ1n) is 6.26. The van der Waals surface area contributed by atoms with Gasteiger partial charge in [-0.15, -0.1) is 0 Å². The Kier molecular flexibility index (Phi) is 3.01. The second-order valence-corrected chi connectivity index (χ2v) is 4.61. The zero-order valence-electron chi connectivity index (χ0n) is 10.1. The largest absolute Gasteiger partial charge is 0.358 e. The molecule has 2 heterocycles. The highest BCUT2D eigenvalue weighted by atomic mass is 19.1. The zero-order valence-corrected chi connectivity index (χ0v) is 10.1. The SMILES string of the molecule is NCc1cc2ncn(C3CCCCO3)c2cc1F. The average Bonchev–Trinajstić information content (AvgIpc) is 2.81. The van der Waals surface area contributed by atoms with E-state index in [4.69, 9.17) is 10.5 Å². The van der Waals surface area contributed by atoms with Gasteiger partial charge in [0.25, 0.3) is 0 Å². The standard InChI is InChI=1S/C13H16FN3O/c14-10-6-12-11(5-9(10)7-15)16-8-17(12)13-3-1-2-4-18-13/h5-6,8,13H,1-4,7,15H2. The fraction of sp³-hybridized carbons (Fsp3) is 0.462. The summed E-state index contributed by atoms with van der Waals surface area (Å²) in [6, 6.07) is 3.21. The number of ether oxygens (including phenoxy) is 1. The first-order valence-corrected chi connectivity index (χ1v) is 6.26. The molecule has 0 radical (unpaired) electrons. The van der Waals surface area contributed by atoms with Crippen LogP contribution in [0.2, 0.25) is 0 Å². The molecule has 1 aliphatic rings. The van der Waals surface area contributed by atoms with Crippen molar-refractivity contribution in [1.29, 1.82) is 0 Å². The molecule has 0 aliphatic carbocycles. The molecule has 5 heteroatoms. The minimum Gasteiger partial charge on any atom is -0.358 e. The predicted molar refractivity (Wildman–Crippen MR) is 66.4 cm³/mol. The van der Waals surface area contributed by atoms with Crippen LogP contribution in [-0.4, -0.2) is 16.2 Å². The molecule has 0 spiro atoms. The van der Waals surface area contributed by atoms with Gasteiger partial charge in [0.05, 0.1) is 17.4 Å². The molecule has 1 unspecified atom stereocenters. The Morgan fingerprint density at radius 2 is 2.33 bits per heavy atom. The van der Waals surface area contributed by atoms with Crippen molar-refractivity contribution >= 4 is 11.0 Å². The average molecular weight is 249 g/mol. The summed E-state index contributed by atoms with van der Waals surface area (Å²) in [6.45, 7) is 0.947. The number of rotatable bonds is 2. The Morgan fingerprint density at radius 1 is 1.44 bits per heavy atom. The van der Waals surface area contributed by atoms with Gasteiger partial charge in [-0.1, -0.05) is 0 Å². The molecule has 0 bridgehead atoms. The van der Waals surface area contributed by atoms with E-state index in [-0.39, 0.29) is 18.6 Å². The maximum absolute atomic E-state index is 13.8. The lowest BCUT2D eigenvalue weighted by Gasteiger charge is -2.24. The molecule has 18 heavy (non-hydrogen) atoms. The lowest BCUT2D eigenvalue weighted by molar-refractivity contribution is -0.0295. The molecule has 1 aromatic carbocycles. The number of nitrogens with two attached hydrogens (primary N) is 1. The third-order valence-electron chi connectivity index (χ3n) is 3.43. The second kappa shape index (κ2) is 4.66. The Labute approximate surface area is 105 Å². The van der Waals surface area contributed by atoms with Crippen molar-refractivity contribution in [2.24, 2.45) is 5.73 Å². The normalized spacial score (nSPS) is 20.4. The molecule has 1 fully saturated rings. The third-order valence-corrected chi connectivity index (χ3v) is 3.43. The zero-order chi connectivity index (χ0) is 12.5. The summed E-state index contributed by atoms with van der Waals surface area (Å²) in [5.74, 6) is -0.275. The van der Waals surface area contributed by atoms with Crippen LogP contribution in [-0.2, 0) is 11.3 Å². The molecule has 4 nitrogen and oxygen atoms in total. The van der Waals surface area contributed by atoms with Crippen molar-refractivity contribution in [3.63, 3.8) is 0 Å². The first kappa shape index (κ1) is 11.6. The molecule has 1 aliphatic heterocycles. The van der Waals surface area contributed by atoms with Crippen molar-refractivity contribution in [2.75, 3.05) is 6.61 Å². The number of benzene rings is 1. The number of fused-ring (bicyclic) bond motifs is 1. The molecule has 2 N–H and O–H groups in total. The Hall–Kier alpha value is -1.46. The highest BCUT2D eigenvalue weighted by Gasteiger charge is 2.18. The van der Waals surface area contributed by atoms with Crippen molar-refractivity contribution in [1.82, 2.24) is 9.55 Å². The quantitative estimate of drug-likeness (QED) is 0.888. The van der Waals surface area contributed by atoms with Gasteiger partial charge in [0.1, 0.15) is 12.0 Å². The van der Waals surface area contributed by atoms with Crippen molar-refractivity contribution < 1.29 is 9.13 Å². The summed E-state index contributed by atoms with van der Waals surface area (Å²) in [5, 5.41) is 0. The minimum atomic E-state index is -0.275. The Morgan fingerprint density at radius 3 is 3.06 bits per heavy atom. The number of hydrogen-bond donors (Lipinski definition) is 1. The van der Waals surface area contributed by atoms with E-state index in [1.807, 2.05) is 4.57 Å². The minimum absolute atomic E-state index is 0.0214. The first-order chi connectivity index (χ1) is 8.79. The summed E-state index contributed by atoms with van der Waals surface area (Å²) >= 11 is 0. The van der Waals surface area contributed by atoms with Crippen LogP contribution in [0.5, 0.6) is 0 Å². The number of aromatic nitrogens is 2. The smallest absolute Gasteiger partial charge is 0.135 e. The van der Waals surface area contributed by atoms with Crippen LogP contribution in [0, 0.1) is 5.82 Å². The molecule has 3 rings (SSSR count). The van der Waals surface area contributed by atoms with Gasteiger partial charge in [0, 0.05) is 24.8 Å². The lowest BCUT2D eigenvalue weighted by atomic mass is 10.1. The van der Waals surface area contributed by atoms with Gasteiger partial charge < -0.3 is 15.0 Å². The van der Waals surface area contributed by atoms with E-state index in [9.17, 15) is 4.39 Å². The van der Waals surface area contributed by atoms with Gasteiger partial charge in [-0.25, -0.2) is 9.37 Å². The van der Waals surface area contributed by atoms with Gasteiger partial charge in [-0.05, 0) is 25.3 Å². The van der Waals surface area contributed by atoms with Crippen LogP contribution in [0.3, 0.4) is 0 Å². The topological polar surface area (TPSA) is 53.1 Å². The molecule has 1 atom stereocenters. The number of nitrogens with zero attached hydrogens (tertiary/aromatic N) is 2. The van der Waals surface area contributed by atoms with Gasteiger partial charge in [-0.3, -0.25) is 0 Å². The van der Waals surface area contributed by atoms with Crippen molar-refractivity contribution in [3.05, 3.63) is 29.8 Å². The van der Waals surface area contributed by atoms with E-state index in [1.165, 1.54) is 6.07 Å². The third kappa shape index (κ3) is 1.89. The van der Waals surface area contributed by atoms with E-state index >= 15 is 0 Å². The van der Waals surface area contributed by atoms with Crippen LogP contribution in [0.25, 0.3) is 11.0 Å². The van der Waals surface area contributed by atoms with Crippen molar-refractivity contribution in [2.45, 2.75) is 32.0 Å². The van der Waals surface area contributed by atoms with E-state index in [1.54, 1.807) is 12.4 Å². The molecule has 1 saturated heterocycles. The summed E-state index contributed by atoms with van der Waals surface area (Å²) in [6.07, 6.45) is 4.88. The molecular formula is C13H16FN3O. The van der Waals surface area contributed by atoms with Gasteiger partial charge in [0.15, 0.2) is 0 Å². The van der Waals surface area contributed by atoms with Crippen LogP contribution in [0.1, 0.15) is 31.1 Å². The predicted octanol–water partition coefficient (Wildman–Crippen LogP) is 2.33. The summed E-state index contributed by atoms with van der Waals surface area (Å²) in [4.78, 5) is 4.30. The molecule has 0 amide bonds. The van der Waals surface area contributed by atoms with E-state index < -0.39 is 0 Å². The number of halogens is 1. The molecular weight excluding hydrogens is 233 g/mol. The van der Waals surface area contributed by atoms with E-state index in [0.29, 0.717) is 5.56 Å². The molecule has 0 saturated carbocycles. The van der Waals surface area contributed by atoms with Gasteiger partial charge in [0.2, 0.25) is 0 Å².